The Hall–Kier alpha value is -2.86. The Bertz CT molecular complexity index is 869. The van der Waals surface area contributed by atoms with E-state index >= 15 is 0 Å². The van der Waals surface area contributed by atoms with Crippen molar-refractivity contribution in [2.24, 2.45) is 0 Å². The summed E-state index contributed by atoms with van der Waals surface area (Å²) in [4.78, 5) is 23.6. The first-order valence-electron chi connectivity index (χ1n) is 11.1. The van der Waals surface area contributed by atoms with E-state index in [0.717, 1.165) is 12.0 Å². The van der Waals surface area contributed by atoms with E-state index in [2.05, 4.69) is 50.4 Å². The fraction of sp³-hybridized carbons (Fsp3) is 0.462. The molecule has 6 nitrogen and oxygen atoms in total. The van der Waals surface area contributed by atoms with Crippen LogP contribution in [0, 0.1) is 0 Å². The van der Waals surface area contributed by atoms with Gasteiger partial charge in [-0.05, 0) is 54.5 Å². The van der Waals surface area contributed by atoms with E-state index in [0.29, 0.717) is 18.9 Å². The summed E-state index contributed by atoms with van der Waals surface area (Å²) in [7, 11) is 0. The summed E-state index contributed by atoms with van der Waals surface area (Å²) in [6, 6.07) is 15.5. The minimum Gasteiger partial charge on any atom is -0.481 e. The highest BCUT2D eigenvalue weighted by Crippen LogP contribution is 2.22. The minimum atomic E-state index is -0.984. The summed E-state index contributed by atoms with van der Waals surface area (Å²) >= 11 is 0. The molecule has 0 aromatic heterocycles. The summed E-state index contributed by atoms with van der Waals surface area (Å²) in [6.07, 6.45) is -0.487. The third-order valence-electron chi connectivity index (χ3n) is 5.20. The number of hydrogen-bond acceptors (Lipinski definition) is 4. The molecule has 0 fully saturated rings. The summed E-state index contributed by atoms with van der Waals surface area (Å²) in [5.74, 6) is -0.609. The Kier molecular flexibility index (Phi) is 9.27. The van der Waals surface area contributed by atoms with Gasteiger partial charge in [0, 0.05) is 19.6 Å². The van der Waals surface area contributed by atoms with Gasteiger partial charge in [-0.3, -0.25) is 4.79 Å². The Morgan fingerprint density at radius 2 is 1.59 bits per heavy atom. The summed E-state index contributed by atoms with van der Waals surface area (Å²) < 4.78 is 11.0. The van der Waals surface area contributed by atoms with Gasteiger partial charge in [-0.2, -0.15) is 0 Å². The molecule has 2 aromatic carbocycles. The van der Waals surface area contributed by atoms with Gasteiger partial charge >= 0.3 is 5.97 Å². The predicted octanol–water partition coefficient (Wildman–Crippen LogP) is 4.14. The van der Waals surface area contributed by atoms with Gasteiger partial charge in [0.2, 0.25) is 0 Å². The third-order valence-corrected chi connectivity index (χ3v) is 5.20. The smallest absolute Gasteiger partial charge is 0.333 e. The van der Waals surface area contributed by atoms with Gasteiger partial charge in [-0.15, -0.1) is 0 Å². The molecule has 0 heterocycles. The van der Waals surface area contributed by atoms with Crippen LogP contribution in [0.15, 0.2) is 48.5 Å². The van der Waals surface area contributed by atoms with Crippen LogP contribution in [0.1, 0.15) is 51.3 Å². The van der Waals surface area contributed by atoms with Crippen LogP contribution in [0.25, 0.3) is 0 Å². The number of amides is 1. The molecule has 0 saturated heterocycles. The fourth-order valence-electron chi connectivity index (χ4n) is 3.24. The SMILES string of the molecule is CCOC(Cc1ccc(OC(C)C(=O)NCCc2ccc(C(C)(C)C)cc2)cc1)C(=O)O. The number of ether oxygens (including phenoxy) is 2. The van der Waals surface area contributed by atoms with Crippen molar-refractivity contribution in [3.05, 3.63) is 65.2 Å². The maximum Gasteiger partial charge on any atom is 0.333 e. The van der Waals surface area contributed by atoms with Crippen molar-refractivity contribution in [3.8, 4) is 5.75 Å². The summed E-state index contributed by atoms with van der Waals surface area (Å²) in [5.41, 5.74) is 3.41. The molecule has 2 N–H and O–H groups in total. The zero-order chi connectivity index (χ0) is 23.7. The minimum absolute atomic E-state index is 0.124. The molecule has 0 aliphatic heterocycles. The van der Waals surface area contributed by atoms with Crippen molar-refractivity contribution >= 4 is 11.9 Å². The quantitative estimate of drug-likeness (QED) is 0.547. The number of benzene rings is 2. The van der Waals surface area contributed by atoms with E-state index in [1.807, 2.05) is 0 Å². The lowest BCUT2D eigenvalue weighted by Crippen LogP contribution is -2.37. The maximum absolute atomic E-state index is 12.4. The average Bonchev–Trinajstić information content (AvgIpc) is 2.74. The number of carboxylic acids is 1. The predicted molar refractivity (Wildman–Crippen MR) is 125 cm³/mol. The molecule has 2 aromatic rings. The second kappa shape index (κ2) is 11.7. The van der Waals surface area contributed by atoms with Gasteiger partial charge in [0.1, 0.15) is 5.75 Å². The fourth-order valence-corrected chi connectivity index (χ4v) is 3.24. The molecule has 0 aliphatic carbocycles. The molecule has 6 heteroatoms. The standard InChI is InChI=1S/C26H35NO5/c1-6-31-23(25(29)30)17-20-9-13-22(14-10-20)32-18(2)24(28)27-16-15-19-7-11-21(12-8-19)26(3,4)5/h7-14,18,23H,6,15-17H2,1-5H3,(H,27,28)(H,29,30). The van der Waals surface area contributed by atoms with Crippen LogP contribution >= 0.6 is 0 Å². The molecule has 0 radical (unpaired) electrons. The van der Waals surface area contributed by atoms with Crippen LogP contribution < -0.4 is 10.1 Å². The van der Waals surface area contributed by atoms with E-state index < -0.39 is 18.2 Å². The van der Waals surface area contributed by atoms with E-state index in [-0.39, 0.29) is 17.7 Å². The third kappa shape index (κ3) is 8.00. The first kappa shape index (κ1) is 25.4. The molecular formula is C26H35NO5. The highest BCUT2D eigenvalue weighted by molar-refractivity contribution is 5.80. The molecular weight excluding hydrogens is 406 g/mol. The molecule has 1 amide bonds. The van der Waals surface area contributed by atoms with Gasteiger partial charge < -0.3 is 19.9 Å². The number of hydrogen-bond donors (Lipinski definition) is 2. The molecule has 174 valence electrons. The Morgan fingerprint density at radius 3 is 2.12 bits per heavy atom. The van der Waals surface area contributed by atoms with Gasteiger partial charge in [-0.1, -0.05) is 57.2 Å². The molecule has 32 heavy (non-hydrogen) atoms. The molecule has 2 rings (SSSR count). The van der Waals surface area contributed by atoms with Crippen LogP contribution in [0.5, 0.6) is 5.75 Å². The number of nitrogens with one attached hydrogen (secondary N) is 1. The van der Waals surface area contributed by atoms with E-state index in [4.69, 9.17) is 9.47 Å². The number of rotatable bonds is 11. The maximum atomic E-state index is 12.4. The number of aliphatic carboxylic acids is 1. The van der Waals surface area contributed by atoms with Crippen LogP contribution in [0.3, 0.4) is 0 Å². The lowest BCUT2D eigenvalue weighted by molar-refractivity contribution is -0.150. The normalized spacial score (nSPS) is 13.3. The van der Waals surface area contributed by atoms with Crippen molar-refractivity contribution in [3.63, 3.8) is 0 Å². The van der Waals surface area contributed by atoms with Gasteiger partial charge in [-0.25, -0.2) is 4.79 Å². The second-order valence-electron chi connectivity index (χ2n) is 8.88. The van der Waals surface area contributed by atoms with E-state index in [1.54, 1.807) is 38.1 Å². The number of carboxylic acid groups (broad SMARTS) is 1. The largest absolute Gasteiger partial charge is 0.481 e. The molecule has 0 aliphatic rings. The lowest BCUT2D eigenvalue weighted by Gasteiger charge is -2.19. The Labute approximate surface area is 190 Å². The van der Waals surface area contributed by atoms with Crippen molar-refractivity contribution < 1.29 is 24.2 Å². The van der Waals surface area contributed by atoms with Crippen LogP contribution in [0.2, 0.25) is 0 Å². The Balaban J connectivity index is 1.80. The Morgan fingerprint density at radius 1 is 1.00 bits per heavy atom. The van der Waals surface area contributed by atoms with Crippen molar-refractivity contribution in [2.45, 2.75) is 65.1 Å². The lowest BCUT2D eigenvalue weighted by atomic mass is 9.86. The highest BCUT2D eigenvalue weighted by atomic mass is 16.5. The second-order valence-corrected chi connectivity index (χ2v) is 8.88. The van der Waals surface area contributed by atoms with Crippen LogP contribution in [-0.4, -0.2) is 42.3 Å². The summed E-state index contributed by atoms with van der Waals surface area (Å²) in [6.45, 7) is 10.9. The monoisotopic (exact) mass is 441 g/mol. The molecule has 2 atom stereocenters. The van der Waals surface area contributed by atoms with Crippen molar-refractivity contribution in [1.29, 1.82) is 0 Å². The summed E-state index contributed by atoms with van der Waals surface area (Å²) in [5, 5.41) is 12.1. The molecule has 2 unspecified atom stereocenters. The molecule has 0 bridgehead atoms. The number of carbonyl (C=O) groups excluding carboxylic acids is 1. The van der Waals surface area contributed by atoms with E-state index in [9.17, 15) is 14.7 Å². The average molecular weight is 442 g/mol. The number of carbonyl (C=O) groups is 2. The van der Waals surface area contributed by atoms with Gasteiger partial charge in [0.05, 0.1) is 0 Å². The van der Waals surface area contributed by atoms with Crippen molar-refractivity contribution in [1.82, 2.24) is 5.32 Å². The van der Waals surface area contributed by atoms with Gasteiger partial charge in [0.15, 0.2) is 12.2 Å². The highest BCUT2D eigenvalue weighted by Gasteiger charge is 2.19. The zero-order valence-electron chi connectivity index (χ0n) is 19.7. The van der Waals surface area contributed by atoms with Gasteiger partial charge in [0.25, 0.3) is 5.91 Å². The van der Waals surface area contributed by atoms with E-state index in [1.165, 1.54) is 11.1 Å². The zero-order valence-corrected chi connectivity index (χ0v) is 19.7. The topological polar surface area (TPSA) is 84.9 Å². The van der Waals surface area contributed by atoms with Crippen molar-refractivity contribution in [2.75, 3.05) is 13.2 Å². The van der Waals surface area contributed by atoms with Crippen LogP contribution in [-0.2, 0) is 32.6 Å². The van der Waals surface area contributed by atoms with Crippen LogP contribution in [0.4, 0.5) is 0 Å². The first-order chi connectivity index (χ1) is 15.1. The molecule has 0 spiro atoms. The molecule has 0 saturated carbocycles. The first-order valence-corrected chi connectivity index (χ1v) is 11.1.